The molecule has 2 heterocycles. The largest absolute Gasteiger partial charge is 0.484 e. The molecule has 5 aromatic rings. The lowest BCUT2D eigenvalue weighted by Gasteiger charge is -2.10. The quantitative estimate of drug-likeness (QED) is 0.222. The van der Waals surface area contributed by atoms with Crippen LogP contribution < -0.4 is 15.7 Å². The third kappa shape index (κ3) is 4.71. The van der Waals surface area contributed by atoms with Crippen molar-refractivity contribution in [3.05, 3.63) is 94.8 Å². The molecule has 0 saturated carbocycles. The zero-order valence-corrected chi connectivity index (χ0v) is 20.1. The summed E-state index contributed by atoms with van der Waals surface area (Å²) in [5.74, 6) is -0.565. The van der Waals surface area contributed by atoms with Crippen molar-refractivity contribution in [1.82, 2.24) is 0 Å². The Hall–Kier alpha value is -4.43. The fourth-order valence-electron chi connectivity index (χ4n) is 3.94. The van der Waals surface area contributed by atoms with Gasteiger partial charge in [-0.25, -0.2) is 9.59 Å². The zero-order chi connectivity index (χ0) is 25.1. The van der Waals surface area contributed by atoms with Gasteiger partial charge in [0.25, 0.3) is 5.91 Å². The maximum atomic E-state index is 12.7. The normalized spacial score (nSPS) is 10.9. The number of hydrogen-bond acceptors (Lipinski definition) is 7. The second-order valence-corrected chi connectivity index (χ2v) is 8.91. The van der Waals surface area contributed by atoms with Crippen LogP contribution in [0.4, 0.5) is 5.00 Å². The van der Waals surface area contributed by atoms with Gasteiger partial charge >= 0.3 is 11.6 Å². The maximum absolute atomic E-state index is 12.7. The van der Waals surface area contributed by atoms with E-state index in [2.05, 4.69) is 5.32 Å². The van der Waals surface area contributed by atoms with Crippen LogP contribution in [-0.4, -0.2) is 25.1 Å². The number of hydrogen-bond donors (Lipinski definition) is 1. The highest BCUT2D eigenvalue weighted by molar-refractivity contribution is 7.23. The van der Waals surface area contributed by atoms with E-state index in [1.54, 1.807) is 25.1 Å². The Kier molecular flexibility index (Phi) is 6.51. The summed E-state index contributed by atoms with van der Waals surface area (Å²) >= 11 is 1.29. The number of fused-ring (bicyclic) bond motifs is 2. The number of esters is 1. The van der Waals surface area contributed by atoms with Crippen LogP contribution in [0.15, 0.2) is 88.1 Å². The SMILES string of the molecule is CCOC(=O)c1c(NC(=O)COc2ccc3c(-c4ccccc4)cc(=O)oc3c2)sc2ccccc12. The van der Waals surface area contributed by atoms with Crippen molar-refractivity contribution in [1.29, 1.82) is 0 Å². The molecule has 0 atom stereocenters. The van der Waals surface area contributed by atoms with E-state index >= 15 is 0 Å². The Labute approximate surface area is 209 Å². The van der Waals surface area contributed by atoms with Gasteiger partial charge in [-0.2, -0.15) is 0 Å². The first kappa shape index (κ1) is 23.3. The van der Waals surface area contributed by atoms with Gasteiger partial charge in [0, 0.05) is 27.6 Å². The number of ether oxygens (including phenoxy) is 2. The van der Waals surface area contributed by atoms with Crippen LogP contribution in [0.5, 0.6) is 5.75 Å². The van der Waals surface area contributed by atoms with Crippen molar-refractivity contribution in [2.45, 2.75) is 6.92 Å². The third-order valence-corrected chi connectivity index (χ3v) is 6.58. The highest BCUT2D eigenvalue weighted by atomic mass is 32.1. The first-order chi connectivity index (χ1) is 17.5. The smallest absolute Gasteiger partial charge is 0.341 e. The molecule has 0 spiro atoms. The van der Waals surface area contributed by atoms with Crippen molar-refractivity contribution in [2.75, 3.05) is 18.5 Å². The lowest BCUT2D eigenvalue weighted by molar-refractivity contribution is -0.118. The van der Waals surface area contributed by atoms with Gasteiger partial charge in [0.1, 0.15) is 21.9 Å². The Bertz CT molecular complexity index is 1640. The fourth-order valence-corrected chi connectivity index (χ4v) is 5.05. The molecule has 2 aromatic heterocycles. The minimum atomic E-state index is -0.495. The lowest BCUT2D eigenvalue weighted by Crippen LogP contribution is -2.21. The van der Waals surface area contributed by atoms with Gasteiger partial charge in [-0.05, 0) is 36.2 Å². The molecule has 180 valence electrons. The molecule has 5 rings (SSSR count). The Morgan fingerprint density at radius 1 is 0.944 bits per heavy atom. The van der Waals surface area contributed by atoms with Crippen LogP contribution in [0.1, 0.15) is 17.3 Å². The van der Waals surface area contributed by atoms with E-state index in [0.717, 1.165) is 26.6 Å². The van der Waals surface area contributed by atoms with Crippen LogP contribution in [-0.2, 0) is 9.53 Å². The van der Waals surface area contributed by atoms with Crippen LogP contribution in [0, 0.1) is 0 Å². The molecule has 0 fully saturated rings. The predicted molar refractivity (Wildman–Crippen MR) is 140 cm³/mol. The highest BCUT2D eigenvalue weighted by Gasteiger charge is 2.21. The van der Waals surface area contributed by atoms with E-state index in [-0.39, 0.29) is 13.2 Å². The van der Waals surface area contributed by atoms with Crippen molar-refractivity contribution < 1.29 is 23.5 Å². The molecule has 0 aliphatic heterocycles. The summed E-state index contributed by atoms with van der Waals surface area (Å²) in [4.78, 5) is 37.4. The van der Waals surface area contributed by atoms with E-state index in [9.17, 15) is 14.4 Å². The second-order valence-electron chi connectivity index (χ2n) is 7.86. The number of amides is 1. The highest BCUT2D eigenvalue weighted by Crippen LogP contribution is 2.36. The van der Waals surface area contributed by atoms with Crippen LogP contribution >= 0.6 is 11.3 Å². The summed E-state index contributed by atoms with van der Waals surface area (Å²) < 4.78 is 17.1. The van der Waals surface area contributed by atoms with Crippen molar-refractivity contribution in [2.24, 2.45) is 0 Å². The summed E-state index contributed by atoms with van der Waals surface area (Å²) in [6.45, 7) is 1.65. The molecule has 8 heteroatoms. The molecule has 0 bridgehead atoms. The molecule has 0 unspecified atom stereocenters. The Morgan fingerprint density at radius 2 is 1.72 bits per heavy atom. The zero-order valence-electron chi connectivity index (χ0n) is 19.3. The number of thiophene rings is 1. The number of carbonyl (C=O) groups excluding carboxylic acids is 2. The van der Waals surface area contributed by atoms with E-state index in [4.69, 9.17) is 13.9 Å². The van der Waals surface area contributed by atoms with E-state index < -0.39 is 17.5 Å². The molecule has 7 nitrogen and oxygen atoms in total. The minimum absolute atomic E-state index is 0.226. The summed E-state index contributed by atoms with van der Waals surface area (Å²) in [6, 6.07) is 23.5. The number of carbonyl (C=O) groups is 2. The summed E-state index contributed by atoms with van der Waals surface area (Å²) in [7, 11) is 0. The van der Waals surface area contributed by atoms with Gasteiger partial charge in [-0.3, -0.25) is 4.79 Å². The molecule has 3 aromatic carbocycles. The Balaban J connectivity index is 1.36. The van der Waals surface area contributed by atoms with Gasteiger partial charge in [-0.15, -0.1) is 11.3 Å². The van der Waals surface area contributed by atoms with Gasteiger partial charge in [0.05, 0.1) is 6.61 Å². The molecule has 0 aliphatic carbocycles. The van der Waals surface area contributed by atoms with Crippen molar-refractivity contribution in [3.8, 4) is 16.9 Å². The number of benzene rings is 3. The average molecular weight is 500 g/mol. The lowest BCUT2D eigenvalue weighted by atomic mass is 10.0. The minimum Gasteiger partial charge on any atom is -0.484 e. The standard InChI is InChI=1S/C28H21NO6S/c1-2-33-28(32)26-20-10-6-7-11-23(20)36-27(26)29-24(30)16-34-18-12-13-19-21(17-8-4-3-5-9-17)15-25(31)35-22(19)14-18/h3-15H,2,16H2,1H3,(H,29,30). The number of rotatable bonds is 7. The molecule has 0 radical (unpaired) electrons. The first-order valence-electron chi connectivity index (χ1n) is 11.3. The molecular formula is C28H21NO6S. The van der Waals surface area contributed by atoms with E-state index in [1.807, 2.05) is 54.6 Å². The summed E-state index contributed by atoms with van der Waals surface area (Å²) in [6.07, 6.45) is 0. The van der Waals surface area contributed by atoms with Crippen molar-refractivity contribution >= 4 is 49.3 Å². The van der Waals surface area contributed by atoms with Crippen molar-refractivity contribution in [3.63, 3.8) is 0 Å². The van der Waals surface area contributed by atoms with Crippen LogP contribution in [0.2, 0.25) is 0 Å². The fraction of sp³-hybridized carbons (Fsp3) is 0.107. The van der Waals surface area contributed by atoms with Gasteiger partial charge in [-0.1, -0.05) is 48.5 Å². The van der Waals surface area contributed by atoms with Crippen LogP contribution in [0.25, 0.3) is 32.2 Å². The van der Waals surface area contributed by atoms with Gasteiger partial charge < -0.3 is 19.2 Å². The number of nitrogens with one attached hydrogen (secondary N) is 1. The molecule has 1 amide bonds. The molecule has 1 N–H and O–H groups in total. The molecule has 36 heavy (non-hydrogen) atoms. The first-order valence-corrected chi connectivity index (χ1v) is 12.1. The van der Waals surface area contributed by atoms with E-state index in [1.165, 1.54) is 17.4 Å². The van der Waals surface area contributed by atoms with E-state index in [0.29, 0.717) is 21.9 Å². The van der Waals surface area contributed by atoms with Gasteiger partial charge in [0.15, 0.2) is 6.61 Å². The monoisotopic (exact) mass is 499 g/mol. The van der Waals surface area contributed by atoms with Gasteiger partial charge in [0.2, 0.25) is 0 Å². The Morgan fingerprint density at radius 3 is 2.53 bits per heavy atom. The van der Waals surface area contributed by atoms with Crippen LogP contribution in [0.3, 0.4) is 0 Å². The number of anilines is 1. The maximum Gasteiger partial charge on any atom is 0.341 e. The summed E-state index contributed by atoms with van der Waals surface area (Å²) in [5, 5.41) is 4.64. The predicted octanol–water partition coefficient (Wildman–Crippen LogP) is 5.87. The molecule has 0 aliphatic rings. The summed E-state index contributed by atoms with van der Waals surface area (Å²) in [5.41, 5.74) is 1.85. The molecule has 0 saturated heterocycles. The third-order valence-electron chi connectivity index (χ3n) is 5.50. The topological polar surface area (TPSA) is 94.8 Å². The average Bonchev–Trinajstić information content (AvgIpc) is 3.25. The molecular weight excluding hydrogens is 478 g/mol. The second kappa shape index (κ2) is 10.1.